The Balaban J connectivity index is 0.000000164. The van der Waals surface area contributed by atoms with Crippen molar-refractivity contribution >= 4 is 113 Å². The molecule has 0 unspecified atom stereocenters. The zero-order valence-electron chi connectivity index (χ0n) is 53.7. The molecule has 0 fully saturated rings. The predicted molar refractivity (Wildman–Crippen MR) is 376 cm³/mol. The molecule has 0 aliphatic carbocycles. The third kappa shape index (κ3) is 15.6. The van der Waals surface area contributed by atoms with Gasteiger partial charge in [0.15, 0.2) is 11.5 Å². The maximum Gasteiger partial charge on any atom is 0.153 e. The maximum absolute atomic E-state index is 11.1. The summed E-state index contributed by atoms with van der Waals surface area (Å²) in [5.41, 5.74) is 46.3. The van der Waals surface area contributed by atoms with E-state index in [4.69, 9.17) is 22.9 Å². The van der Waals surface area contributed by atoms with E-state index in [1.807, 2.05) is 229 Å². The van der Waals surface area contributed by atoms with Crippen LogP contribution in [-0.4, -0.2) is 10.2 Å². The van der Waals surface area contributed by atoms with Crippen LogP contribution in [0.3, 0.4) is 0 Å². The largest absolute Gasteiger partial charge is 0.505 e. The fourth-order valence-corrected chi connectivity index (χ4v) is 9.85. The Labute approximate surface area is 535 Å². The van der Waals surface area contributed by atoms with Crippen molar-refractivity contribution in [2.75, 3.05) is 22.9 Å². The van der Waals surface area contributed by atoms with Gasteiger partial charge in [-0.2, -0.15) is 30.7 Å². The van der Waals surface area contributed by atoms with Gasteiger partial charge in [-0.25, -0.2) is 0 Å². The van der Waals surface area contributed by atoms with E-state index in [9.17, 15) is 10.2 Å². The topological polar surface area (TPSA) is 293 Å². The molecule has 0 aliphatic heterocycles. The third-order valence-corrected chi connectivity index (χ3v) is 15.2. The molecule has 0 bridgehead atoms. The van der Waals surface area contributed by atoms with Gasteiger partial charge in [-0.05, 0) is 219 Å². The summed E-state index contributed by atoms with van der Waals surface area (Å²) < 4.78 is 0. The van der Waals surface area contributed by atoms with Crippen LogP contribution in [0.1, 0.15) is 66.8 Å². The van der Waals surface area contributed by atoms with Gasteiger partial charge in [0.2, 0.25) is 0 Å². The Morgan fingerprint density at radius 2 is 0.620 bits per heavy atom. The Morgan fingerprint density at radius 1 is 0.250 bits per heavy atom. The molecule has 0 heterocycles. The average molecular weight is 1220 g/mol. The number of fused-ring (bicyclic) bond motifs is 2. The summed E-state index contributed by atoms with van der Waals surface area (Å²) in [4.78, 5) is 0. The van der Waals surface area contributed by atoms with E-state index in [-0.39, 0.29) is 11.5 Å². The summed E-state index contributed by atoms with van der Waals surface area (Å²) in [6.45, 7) is 23.7. The van der Waals surface area contributed by atoms with Gasteiger partial charge in [-0.15, -0.1) is 30.7 Å². The number of azo groups is 6. The van der Waals surface area contributed by atoms with Crippen molar-refractivity contribution in [3.63, 3.8) is 0 Å². The second-order valence-corrected chi connectivity index (χ2v) is 22.9. The summed E-state index contributed by atoms with van der Waals surface area (Å²) in [6, 6.07) is 54.0. The minimum atomic E-state index is -0.0138. The zero-order valence-corrected chi connectivity index (χ0v) is 53.7. The molecule has 18 heteroatoms. The first kappa shape index (κ1) is 64.8. The molecule has 0 aliphatic rings. The van der Waals surface area contributed by atoms with Crippen molar-refractivity contribution in [1.29, 1.82) is 0 Å². The van der Waals surface area contributed by atoms with Gasteiger partial charge in [-0.1, -0.05) is 106 Å². The molecule has 0 aromatic heterocycles. The number of phenolic OH excluding ortho intramolecular Hbond substituents is 2. The molecular weight excluding hydrogens is 1140 g/mol. The number of aryl methyl sites for hydroxylation is 12. The number of anilines is 4. The van der Waals surface area contributed by atoms with Gasteiger partial charge >= 0.3 is 0 Å². The number of aromatic hydroxyl groups is 2. The number of benzene rings is 11. The lowest BCUT2D eigenvalue weighted by molar-refractivity contribution is 0.482. The van der Waals surface area contributed by atoms with Gasteiger partial charge < -0.3 is 33.1 Å². The smallest absolute Gasteiger partial charge is 0.153 e. The lowest BCUT2D eigenvalue weighted by Crippen LogP contribution is -1.95. The number of nitrogens with zero attached hydrogens (tertiary/aromatic N) is 12. The number of hydrogen-bond acceptors (Lipinski definition) is 18. The van der Waals surface area contributed by atoms with Crippen molar-refractivity contribution in [1.82, 2.24) is 0 Å². The number of phenols is 2. The van der Waals surface area contributed by atoms with Crippen LogP contribution >= 0.6 is 0 Å². The van der Waals surface area contributed by atoms with Crippen LogP contribution in [0.5, 0.6) is 11.5 Å². The van der Waals surface area contributed by atoms with E-state index in [1.54, 1.807) is 12.1 Å². The SMILES string of the molecule is Cc1ccc(N=Nc2c(C)cc3c(N=Nc4ccc(C)cc4C)c(N)ccc3c2O)cc1.Cc1ccc(N=Nc2c(C)cc3cc(C)c(N=Nc4ccc(C)cc4)c(O)c3c2N)cc1.Cc1ccc(N=Nc2c(N)c(C)cc(N=Nc3ccc(C)cc3C)c2N)cc1. The first-order valence-corrected chi connectivity index (χ1v) is 29.7. The molecule has 10 N–H and O–H groups in total. The van der Waals surface area contributed by atoms with E-state index in [0.29, 0.717) is 78.7 Å². The highest BCUT2D eigenvalue weighted by atomic mass is 16.3. The maximum atomic E-state index is 11.1. The van der Waals surface area contributed by atoms with E-state index in [0.717, 1.165) is 89.5 Å². The first-order chi connectivity index (χ1) is 44.0. The van der Waals surface area contributed by atoms with Crippen molar-refractivity contribution in [2.24, 2.45) is 61.4 Å². The van der Waals surface area contributed by atoms with Gasteiger partial charge in [0.25, 0.3) is 0 Å². The molecule has 0 amide bonds. The highest BCUT2D eigenvalue weighted by Crippen LogP contribution is 2.48. The second-order valence-electron chi connectivity index (χ2n) is 22.9. The molecular formula is C74H74N16O2. The van der Waals surface area contributed by atoms with Crippen molar-refractivity contribution < 1.29 is 10.2 Å². The van der Waals surface area contributed by atoms with Gasteiger partial charge in [0.05, 0.1) is 62.3 Å². The predicted octanol–water partition coefficient (Wildman–Crippen LogP) is 23.3. The van der Waals surface area contributed by atoms with Crippen molar-refractivity contribution in [3.05, 3.63) is 237 Å². The van der Waals surface area contributed by atoms with Crippen molar-refractivity contribution in [3.8, 4) is 11.5 Å². The molecule has 0 radical (unpaired) electrons. The standard InChI is InChI=1S/2C26H25N5O.C22H24N6/c1-15-5-9-20(10-6-15)28-30-24-17(3)13-19-14-18(4)25(26(32)22(19)23(24)27)31-29-21-11-7-16(2)8-12-21;1-15-5-8-19(9-6-15)28-30-24-18(4)14-21-20(26(24)32)10-11-22(27)25(21)31-29-23-12-7-16(2)13-17(23)3;1-13-5-8-17(9-6-13)25-28-22-20(23)16(4)12-19(21(22)24)27-26-18-10-7-14(2)11-15(18)3/h2*5-14,32H,27H2,1-4H3;5-12H,23-24H2,1-4H3. The quantitative estimate of drug-likeness (QED) is 0.0510. The van der Waals surface area contributed by atoms with Crippen LogP contribution in [0.15, 0.2) is 231 Å². The Morgan fingerprint density at radius 3 is 1.08 bits per heavy atom. The molecule has 11 aromatic carbocycles. The van der Waals surface area contributed by atoms with Crippen LogP contribution in [0.4, 0.5) is 91.0 Å². The highest BCUT2D eigenvalue weighted by Gasteiger charge is 2.19. The molecule has 18 nitrogen and oxygen atoms in total. The Hall–Kier alpha value is -11.7. The molecule has 11 rings (SSSR count). The van der Waals surface area contributed by atoms with E-state index < -0.39 is 0 Å². The highest BCUT2D eigenvalue weighted by molar-refractivity contribution is 6.06. The first-order valence-electron chi connectivity index (χ1n) is 29.7. The number of hydrogen-bond donors (Lipinski definition) is 6. The fourth-order valence-electron chi connectivity index (χ4n) is 9.85. The molecule has 0 atom stereocenters. The fraction of sp³-hybridized carbons (Fsp3) is 0.162. The van der Waals surface area contributed by atoms with Crippen molar-refractivity contribution in [2.45, 2.75) is 83.1 Å². The van der Waals surface area contributed by atoms with Crippen LogP contribution in [0.2, 0.25) is 0 Å². The second kappa shape index (κ2) is 28.7. The summed E-state index contributed by atoms with van der Waals surface area (Å²) in [6.07, 6.45) is 0. The monoisotopic (exact) mass is 1220 g/mol. The van der Waals surface area contributed by atoms with Crippen LogP contribution in [0.25, 0.3) is 21.5 Å². The van der Waals surface area contributed by atoms with E-state index in [2.05, 4.69) is 73.5 Å². The lowest BCUT2D eigenvalue weighted by Gasteiger charge is -2.13. The summed E-state index contributed by atoms with van der Waals surface area (Å²) in [7, 11) is 0. The van der Waals surface area contributed by atoms with Crippen LogP contribution < -0.4 is 22.9 Å². The Bertz CT molecular complexity index is 4640. The number of nitrogen functional groups attached to an aromatic ring is 4. The zero-order chi connectivity index (χ0) is 65.9. The molecule has 0 saturated carbocycles. The Kier molecular flexibility index (Phi) is 20.2. The molecule has 0 spiro atoms. The van der Waals surface area contributed by atoms with E-state index in [1.165, 1.54) is 11.1 Å². The lowest BCUT2D eigenvalue weighted by atomic mass is 9.99. The number of nitrogens with two attached hydrogens (primary N) is 4. The minimum Gasteiger partial charge on any atom is -0.505 e. The molecule has 0 saturated heterocycles. The normalized spacial score (nSPS) is 11.7. The molecule has 11 aromatic rings. The molecule has 462 valence electrons. The summed E-state index contributed by atoms with van der Waals surface area (Å²) in [5, 5.41) is 76.6. The molecule has 92 heavy (non-hydrogen) atoms. The average Bonchev–Trinajstić information content (AvgIpc) is 0.901. The van der Waals surface area contributed by atoms with Crippen LogP contribution in [0, 0.1) is 83.1 Å². The number of rotatable bonds is 12. The van der Waals surface area contributed by atoms with Crippen LogP contribution in [-0.2, 0) is 0 Å². The third-order valence-electron chi connectivity index (χ3n) is 15.2. The minimum absolute atomic E-state index is 0.0138. The summed E-state index contributed by atoms with van der Waals surface area (Å²) >= 11 is 0. The van der Waals surface area contributed by atoms with E-state index >= 15 is 0 Å². The van der Waals surface area contributed by atoms with Gasteiger partial charge in [0, 0.05) is 10.8 Å². The van der Waals surface area contributed by atoms with Gasteiger partial charge in [0.1, 0.15) is 34.1 Å². The summed E-state index contributed by atoms with van der Waals surface area (Å²) in [5.74, 6) is 0.0268. The van der Waals surface area contributed by atoms with Gasteiger partial charge in [-0.3, -0.25) is 0 Å².